The fourth-order valence-corrected chi connectivity index (χ4v) is 2.24. The highest BCUT2D eigenvalue weighted by Gasteiger charge is 2.39. The molecule has 1 aromatic rings. The van der Waals surface area contributed by atoms with Crippen molar-refractivity contribution in [3.05, 3.63) is 29.8 Å². The number of rotatable bonds is 3. The minimum Gasteiger partial charge on any atom is -0.368 e. The monoisotopic (exact) mass is 248 g/mol. The first-order valence-electron chi connectivity index (χ1n) is 6.30. The molecule has 2 rings (SSSR count). The molecule has 4 nitrogen and oxygen atoms in total. The van der Waals surface area contributed by atoms with Crippen molar-refractivity contribution in [1.82, 2.24) is 5.32 Å². The first-order chi connectivity index (χ1) is 8.66. The van der Waals surface area contributed by atoms with E-state index in [1.807, 2.05) is 31.2 Å². The van der Waals surface area contributed by atoms with Crippen molar-refractivity contribution in [1.29, 1.82) is 0 Å². The quantitative estimate of drug-likeness (QED) is 0.856. The van der Waals surface area contributed by atoms with Gasteiger partial charge in [0.25, 0.3) is 5.91 Å². The molecule has 18 heavy (non-hydrogen) atoms. The van der Waals surface area contributed by atoms with Gasteiger partial charge in [0.2, 0.25) is 0 Å². The predicted octanol–water partition coefficient (Wildman–Crippen LogP) is 1.70. The summed E-state index contributed by atoms with van der Waals surface area (Å²) >= 11 is 0. The van der Waals surface area contributed by atoms with Gasteiger partial charge in [-0.3, -0.25) is 4.79 Å². The van der Waals surface area contributed by atoms with Crippen LogP contribution in [0.1, 0.15) is 18.4 Å². The molecule has 1 fully saturated rings. The van der Waals surface area contributed by atoms with Crippen molar-refractivity contribution in [3.63, 3.8) is 0 Å². The molecule has 0 bridgehead atoms. The van der Waals surface area contributed by atoms with E-state index in [4.69, 9.17) is 4.74 Å². The number of hydrogen-bond acceptors (Lipinski definition) is 3. The Morgan fingerprint density at radius 2 is 1.89 bits per heavy atom. The number of benzene rings is 1. The van der Waals surface area contributed by atoms with Gasteiger partial charge in [-0.15, -0.1) is 0 Å². The molecule has 98 valence electrons. The lowest BCUT2D eigenvalue weighted by Crippen LogP contribution is -2.51. The number of nitrogens with one attached hydrogen (secondary N) is 2. The molecule has 0 saturated carbocycles. The van der Waals surface area contributed by atoms with Crippen molar-refractivity contribution in [2.75, 3.05) is 25.5 Å². The molecule has 0 unspecified atom stereocenters. The Bertz CT molecular complexity index is 408. The van der Waals surface area contributed by atoms with Crippen molar-refractivity contribution in [3.8, 4) is 0 Å². The predicted molar refractivity (Wildman–Crippen MR) is 71.7 cm³/mol. The SMILES string of the molecule is COC1(C(=O)Nc2ccc(C)cc2)CCNCC1. The molecule has 0 radical (unpaired) electrons. The molecule has 0 aromatic heterocycles. The highest BCUT2D eigenvalue weighted by molar-refractivity contribution is 5.97. The molecule has 2 N–H and O–H groups in total. The third-order valence-corrected chi connectivity index (χ3v) is 3.53. The number of anilines is 1. The van der Waals surface area contributed by atoms with E-state index < -0.39 is 5.60 Å². The maximum absolute atomic E-state index is 12.3. The molecule has 4 heteroatoms. The van der Waals surface area contributed by atoms with Crippen LogP contribution in [0.5, 0.6) is 0 Å². The van der Waals surface area contributed by atoms with Gasteiger partial charge in [-0.1, -0.05) is 17.7 Å². The second kappa shape index (κ2) is 5.50. The lowest BCUT2D eigenvalue weighted by atomic mass is 9.91. The van der Waals surface area contributed by atoms with Gasteiger partial charge < -0.3 is 15.4 Å². The first kappa shape index (κ1) is 13.1. The van der Waals surface area contributed by atoms with Crippen LogP contribution in [-0.2, 0) is 9.53 Å². The third-order valence-electron chi connectivity index (χ3n) is 3.53. The Labute approximate surface area is 108 Å². The Hall–Kier alpha value is -1.39. The van der Waals surface area contributed by atoms with E-state index in [0.29, 0.717) is 12.8 Å². The summed E-state index contributed by atoms with van der Waals surface area (Å²) in [5.41, 5.74) is 1.31. The van der Waals surface area contributed by atoms with Crippen LogP contribution >= 0.6 is 0 Å². The molecule has 1 heterocycles. The van der Waals surface area contributed by atoms with E-state index in [0.717, 1.165) is 18.8 Å². The Morgan fingerprint density at radius 3 is 2.44 bits per heavy atom. The minimum absolute atomic E-state index is 0.0460. The second-order valence-electron chi connectivity index (χ2n) is 4.77. The molecular formula is C14H20N2O2. The summed E-state index contributed by atoms with van der Waals surface area (Å²) in [4.78, 5) is 12.3. The van der Waals surface area contributed by atoms with E-state index in [-0.39, 0.29) is 5.91 Å². The van der Waals surface area contributed by atoms with Gasteiger partial charge in [-0.05, 0) is 45.0 Å². The van der Waals surface area contributed by atoms with E-state index in [9.17, 15) is 4.79 Å². The second-order valence-corrected chi connectivity index (χ2v) is 4.77. The van der Waals surface area contributed by atoms with E-state index in [1.165, 1.54) is 5.56 Å². The lowest BCUT2D eigenvalue weighted by molar-refractivity contribution is -0.140. The number of hydrogen-bond donors (Lipinski definition) is 2. The molecule has 0 atom stereocenters. The number of amides is 1. The van der Waals surface area contributed by atoms with E-state index >= 15 is 0 Å². The standard InChI is InChI=1S/C14H20N2O2/c1-11-3-5-12(6-4-11)16-13(17)14(18-2)7-9-15-10-8-14/h3-6,15H,7-10H2,1-2H3,(H,16,17). The van der Waals surface area contributed by atoms with Crippen LogP contribution in [0.2, 0.25) is 0 Å². The van der Waals surface area contributed by atoms with Crippen LogP contribution < -0.4 is 10.6 Å². The topological polar surface area (TPSA) is 50.4 Å². The average molecular weight is 248 g/mol. The summed E-state index contributed by atoms with van der Waals surface area (Å²) in [6, 6.07) is 7.80. The fraction of sp³-hybridized carbons (Fsp3) is 0.500. The number of piperidine rings is 1. The van der Waals surface area contributed by atoms with Gasteiger partial charge in [-0.25, -0.2) is 0 Å². The number of carbonyl (C=O) groups is 1. The number of aryl methyl sites for hydroxylation is 1. The van der Waals surface area contributed by atoms with Crippen molar-refractivity contribution < 1.29 is 9.53 Å². The zero-order chi connectivity index (χ0) is 13.0. The van der Waals surface area contributed by atoms with E-state index in [1.54, 1.807) is 7.11 Å². The van der Waals surface area contributed by atoms with Gasteiger partial charge in [0, 0.05) is 12.8 Å². The zero-order valence-corrected chi connectivity index (χ0v) is 11.0. The third kappa shape index (κ3) is 2.71. The smallest absolute Gasteiger partial charge is 0.256 e. The number of methoxy groups -OCH3 is 1. The Kier molecular flexibility index (Phi) is 3.99. The highest BCUT2D eigenvalue weighted by Crippen LogP contribution is 2.24. The van der Waals surface area contributed by atoms with Crippen LogP contribution in [0.4, 0.5) is 5.69 Å². The molecule has 1 aliphatic rings. The maximum atomic E-state index is 12.3. The molecule has 1 saturated heterocycles. The maximum Gasteiger partial charge on any atom is 0.256 e. The van der Waals surface area contributed by atoms with Crippen LogP contribution in [0.25, 0.3) is 0 Å². The minimum atomic E-state index is -0.684. The van der Waals surface area contributed by atoms with Gasteiger partial charge in [-0.2, -0.15) is 0 Å². The number of ether oxygens (including phenoxy) is 1. The lowest BCUT2D eigenvalue weighted by Gasteiger charge is -2.34. The molecule has 1 amide bonds. The molecule has 1 aliphatic heterocycles. The van der Waals surface area contributed by atoms with Gasteiger partial charge in [0.1, 0.15) is 5.60 Å². The number of carbonyl (C=O) groups excluding carboxylic acids is 1. The summed E-state index contributed by atoms with van der Waals surface area (Å²) in [7, 11) is 1.61. The van der Waals surface area contributed by atoms with Crippen LogP contribution in [0.15, 0.2) is 24.3 Å². The average Bonchev–Trinajstić information content (AvgIpc) is 2.42. The van der Waals surface area contributed by atoms with E-state index in [2.05, 4.69) is 10.6 Å². The van der Waals surface area contributed by atoms with Gasteiger partial charge in [0.15, 0.2) is 0 Å². The fourth-order valence-electron chi connectivity index (χ4n) is 2.24. The molecular weight excluding hydrogens is 228 g/mol. The highest BCUT2D eigenvalue weighted by atomic mass is 16.5. The summed E-state index contributed by atoms with van der Waals surface area (Å²) < 4.78 is 5.48. The van der Waals surface area contributed by atoms with Crippen molar-refractivity contribution >= 4 is 11.6 Å². The largest absolute Gasteiger partial charge is 0.368 e. The van der Waals surface area contributed by atoms with Crippen molar-refractivity contribution in [2.45, 2.75) is 25.4 Å². The zero-order valence-electron chi connectivity index (χ0n) is 11.0. The normalized spacial score (nSPS) is 18.3. The van der Waals surface area contributed by atoms with Crippen LogP contribution in [0, 0.1) is 6.92 Å². The van der Waals surface area contributed by atoms with Crippen molar-refractivity contribution in [2.24, 2.45) is 0 Å². The molecule has 0 aliphatic carbocycles. The summed E-state index contributed by atoms with van der Waals surface area (Å²) in [5.74, 6) is -0.0460. The Morgan fingerprint density at radius 1 is 1.28 bits per heavy atom. The van der Waals surface area contributed by atoms with Gasteiger partial charge in [0.05, 0.1) is 0 Å². The first-order valence-corrected chi connectivity index (χ1v) is 6.30. The van der Waals surface area contributed by atoms with Crippen LogP contribution in [0.3, 0.4) is 0 Å². The summed E-state index contributed by atoms with van der Waals surface area (Å²) in [6.45, 7) is 3.65. The molecule has 0 spiro atoms. The van der Waals surface area contributed by atoms with Crippen LogP contribution in [-0.4, -0.2) is 31.7 Å². The summed E-state index contributed by atoms with van der Waals surface area (Å²) in [6.07, 6.45) is 1.42. The Balaban J connectivity index is 2.07. The summed E-state index contributed by atoms with van der Waals surface area (Å²) in [5, 5.41) is 6.18. The molecule has 1 aromatic carbocycles. The van der Waals surface area contributed by atoms with Gasteiger partial charge >= 0.3 is 0 Å².